The molecule has 0 atom stereocenters. The zero-order chi connectivity index (χ0) is 11.4. The molecule has 1 aliphatic rings. The zero-order valence-corrected chi connectivity index (χ0v) is 9.83. The molecule has 0 heterocycles. The van der Waals surface area contributed by atoms with Crippen molar-refractivity contribution in [3.8, 4) is 6.07 Å². The van der Waals surface area contributed by atoms with Crippen molar-refractivity contribution >= 4 is 11.6 Å². The molecule has 1 fully saturated rings. The number of benzene rings is 1. The van der Waals surface area contributed by atoms with Gasteiger partial charge >= 0.3 is 0 Å². The summed E-state index contributed by atoms with van der Waals surface area (Å²) in [6.07, 6.45) is 2.86. The summed E-state index contributed by atoms with van der Waals surface area (Å²) in [5.74, 6) is 0. The van der Waals surface area contributed by atoms with Crippen LogP contribution in [0.1, 0.15) is 24.8 Å². The van der Waals surface area contributed by atoms with E-state index in [-0.39, 0.29) is 5.41 Å². The smallest absolute Gasteiger partial charge is 0.0717 e. The highest BCUT2D eigenvalue weighted by Gasteiger charge is 2.42. The standard InChI is InChI=1S/C13H14ClNO/c14-12-3-1-2-11(8-12)9-16-10-13(4-5-13)6-7-15/h1-3,8H,4-6,9-10H2. The Morgan fingerprint density at radius 1 is 1.44 bits per heavy atom. The van der Waals surface area contributed by atoms with Crippen LogP contribution >= 0.6 is 11.6 Å². The van der Waals surface area contributed by atoms with Gasteiger partial charge in [0.05, 0.1) is 19.3 Å². The third-order valence-electron chi connectivity index (χ3n) is 2.98. The summed E-state index contributed by atoms with van der Waals surface area (Å²) in [6.45, 7) is 1.26. The van der Waals surface area contributed by atoms with Crippen LogP contribution in [0.15, 0.2) is 24.3 Å². The number of halogens is 1. The maximum absolute atomic E-state index is 8.67. The Hall–Kier alpha value is -1.04. The molecule has 1 aromatic rings. The van der Waals surface area contributed by atoms with E-state index in [0.717, 1.165) is 23.4 Å². The SMILES string of the molecule is N#CCC1(COCc2cccc(Cl)c2)CC1. The van der Waals surface area contributed by atoms with Crippen LogP contribution in [-0.2, 0) is 11.3 Å². The van der Waals surface area contributed by atoms with E-state index in [9.17, 15) is 0 Å². The van der Waals surface area contributed by atoms with Crippen LogP contribution in [0.5, 0.6) is 0 Å². The number of hydrogen-bond donors (Lipinski definition) is 0. The van der Waals surface area contributed by atoms with E-state index in [1.165, 1.54) is 0 Å². The summed E-state index contributed by atoms with van der Waals surface area (Å²) in [5.41, 5.74) is 1.24. The van der Waals surface area contributed by atoms with Crippen molar-refractivity contribution in [1.29, 1.82) is 5.26 Å². The van der Waals surface area contributed by atoms with Crippen LogP contribution in [0.4, 0.5) is 0 Å². The van der Waals surface area contributed by atoms with E-state index in [2.05, 4.69) is 6.07 Å². The molecular weight excluding hydrogens is 222 g/mol. The quantitative estimate of drug-likeness (QED) is 0.782. The first-order chi connectivity index (χ1) is 7.74. The maximum Gasteiger partial charge on any atom is 0.0717 e. The molecule has 0 unspecified atom stereocenters. The van der Waals surface area contributed by atoms with E-state index in [4.69, 9.17) is 21.6 Å². The van der Waals surface area contributed by atoms with E-state index in [1.54, 1.807) is 0 Å². The number of rotatable bonds is 5. The molecule has 0 saturated heterocycles. The van der Waals surface area contributed by atoms with Gasteiger partial charge in [-0.1, -0.05) is 23.7 Å². The lowest BCUT2D eigenvalue weighted by atomic mass is 10.1. The summed E-state index contributed by atoms with van der Waals surface area (Å²) < 4.78 is 5.64. The molecule has 1 aliphatic carbocycles. The molecule has 0 spiro atoms. The minimum Gasteiger partial charge on any atom is -0.376 e. The van der Waals surface area contributed by atoms with Crippen LogP contribution in [0.3, 0.4) is 0 Å². The third-order valence-corrected chi connectivity index (χ3v) is 3.21. The Labute approximate surface area is 101 Å². The van der Waals surface area contributed by atoms with E-state index < -0.39 is 0 Å². The van der Waals surface area contributed by atoms with Crippen molar-refractivity contribution < 1.29 is 4.74 Å². The van der Waals surface area contributed by atoms with E-state index in [1.807, 2.05) is 24.3 Å². The summed E-state index contributed by atoms with van der Waals surface area (Å²) in [6, 6.07) is 9.90. The minimum atomic E-state index is 0.160. The first-order valence-electron chi connectivity index (χ1n) is 5.43. The molecule has 1 saturated carbocycles. The molecule has 0 bridgehead atoms. The van der Waals surface area contributed by atoms with Crippen molar-refractivity contribution in [3.63, 3.8) is 0 Å². The lowest BCUT2D eigenvalue weighted by Gasteiger charge is -2.11. The topological polar surface area (TPSA) is 33.0 Å². The summed E-state index contributed by atoms with van der Waals surface area (Å²) in [7, 11) is 0. The molecule has 84 valence electrons. The van der Waals surface area contributed by atoms with Gasteiger partial charge in [-0.2, -0.15) is 5.26 Å². The van der Waals surface area contributed by atoms with Crippen molar-refractivity contribution in [1.82, 2.24) is 0 Å². The third kappa shape index (κ3) is 2.98. The fourth-order valence-electron chi connectivity index (χ4n) is 1.73. The van der Waals surface area contributed by atoms with E-state index in [0.29, 0.717) is 19.6 Å². The second-order valence-corrected chi connectivity index (χ2v) is 4.89. The van der Waals surface area contributed by atoms with Crippen LogP contribution in [-0.4, -0.2) is 6.61 Å². The predicted molar refractivity (Wildman–Crippen MR) is 63.0 cm³/mol. The molecule has 0 N–H and O–H groups in total. The number of nitrogens with zero attached hydrogens (tertiary/aromatic N) is 1. The molecule has 0 radical (unpaired) electrons. The Bertz CT molecular complexity index is 407. The van der Waals surface area contributed by atoms with Crippen LogP contribution in [0, 0.1) is 16.7 Å². The largest absolute Gasteiger partial charge is 0.376 e. The van der Waals surface area contributed by atoms with Crippen LogP contribution in [0.2, 0.25) is 5.02 Å². The van der Waals surface area contributed by atoms with Crippen molar-refractivity contribution in [2.24, 2.45) is 5.41 Å². The highest BCUT2D eigenvalue weighted by atomic mass is 35.5. The first kappa shape index (κ1) is 11.4. The monoisotopic (exact) mass is 235 g/mol. The molecule has 2 rings (SSSR count). The molecule has 0 aliphatic heterocycles. The van der Waals surface area contributed by atoms with Gasteiger partial charge in [0, 0.05) is 16.9 Å². The normalized spacial score (nSPS) is 16.8. The second kappa shape index (κ2) is 4.86. The fraction of sp³-hybridized carbons (Fsp3) is 0.462. The van der Waals surface area contributed by atoms with Gasteiger partial charge in [0.2, 0.25) is 0 Å². The van der Waals surface area contributed by atoms with Gasteiger partial charge in [0.25, 0.3) is 0 Å². The highest BCUT2D eigenvalue weighted by Crippen LogP contribution is 2.48. The Balaban J connectivity index is 1.78. The molecule has 2 nitrogen and oxygen atoms in total. The van der Waals surface area contributed by atoms with Gasteiger partial charge in [-0.15, -0.1) is 0 Å². The molecule has 16 heavy (non-hydrogen) atoms. The molecular formula is C13H14ClNO. The van der Waals surface area contributed by atoms with Crippen molar-refractivity contribution in [2.75, 3.05) is 6.61 Å². The fourth-order valence-corrected chi connectivity index (χ4v) is 1.94. The lowest BCUT2D eigenvalue weighted by molar-refractivity contribution is 0.0795. The Morgan fingerprint density at radius 2 is 2.25 bits per heavy atom. The minimum absolute atomic E-state index is 0.160. The summed E-state index contributed by atoms with van der Waals surface area (Å²) in [4.78, 5) is 0. The second-order valence-electron chi connectivity index (χ2n) is 4.46. The van der Waals surface area contributed by atoms with Gasteiger partial charge in [-0.05, 0) is 30.5 Å². The molecule has 3 heteroatoms. The Morgan fingerprint density at radius 3 is 2.88 bits per heavy atom. The van der Waals surface area contributed by atoms with Crippen LogP contribution < -0.4 is 0 Å². The maximum atomic E-state index is 8.67. The van der Waals surface area contributed by atoms with Gasteiger partial charge in [-0.25, -0.2) is 0 Å². The lowest BCUT2D eigenvalue weighted by Crippen LogP contribution is -2.09. The van der Waals surface area contributed by atoms with Gasteiger partial charge in [0.1, 0.15) is 0 Å². The van der Waals surface area contributed by atoms with Gasteiger partial charge in [-0.3, -0.25) is 0 Å². The van der Waals surface area contributed by atoms with Gasteiger partial charge in [0.15, 0.2) is 0 Å². The predicted octanol–water partition coefficient (Wildman–Crippen LogP) is 3.55. The van der Waals surface area contributed by atoms with Gasteiger partial charge < -0.3 is 4.74 Å². The summed E-state index contributed by atoms with van der Waals surface area (Å²) >= 11 is 5.88. The Kier molecular flexibility index (Phi) is 3.48. The highest BCUT2D eigenvalue weighted by molar-refractivity contribution is 6.30. The number of ether oxygens (including phenoxy) is 1. The summed E-state index contributed by atoms with van der Waals surface area (Å²) in [5, 5.41) is 9.41. The molecule has 0 amide bonds. The molecule has 0 aromatic heterocycles. The number of hydrogen-bond acceptors (Lipinski definition) is 2. The van der Waals surface area contributed by atoms with Crippen LogP contribution in [0.25, 0.3) is 0 Å². The zero-order valence-electron chi connectivity index (χ0n) is 9.08. The van der Waals surface area contributed by atoms with Crippen molar-refractivity contribution in [3.05, 3.63) is 34.9 Å². The average molecular weight is 236 g/mol. The molecule has 1 aromatic carbocycles. The first-order valence-corrected chi connectivity index (χ1v) is 5.81. The average Bonchev–Trinajstić information content (AvgIpc) is 2.99. The van der Waals surface area contributed by atoms with E-state index >= 15 is 0 Å². The number of nitriles is 1. The van der Waals surface area contributed by atoms with Crippen molar-refractivity contribution in [2.45, 2.75) is 25.9 Å².